The van der Waals surface area contributed by atoms with E-state index in [1.807, 2.05) is 30.3 Å². The van der Waals surface area contributed by atoms with Crippen molar-refractivity contribution in [2.24, 2.45) is 0 Å². The van der Waals surface area contributed by atoms with Crippen LogP contribution in [0.15, 0.2) is 48.5 Å². The van der Waals surface area contributed by atoms with Crippen molar-refractivity contribution >= 4 is 5.69 Å². The molecular formula is C14H10FN. The lowest BCUT2D eigenvalue weighted by atomic mass is 10.1. The summed E-state index contributed by atoms with van der Waals surface area (Å²) >= 11 is 0. The SMILES string of the molecule is Nc1ccc(F)cc1C#Cc1ccccc1. The van der Waals surface area contributed by atoms with Gasteiger partial charge in [-0.25, -0.2) is 4.39 Å². The first-order valence-electron chi connectivity index (χ1n) is 4.88. The van der Waals surface area contributed by atoms with Gasteiger partial charge in [-0.1, -0.05) is 30.0 Å². The van der Waals surface area contributed by atoms with E-state index in [2.05, 4.69) is 11.8 Å². The number of anilines is 1. The predicted molar refractivity (Wildman–Crippen MR) is 63.2 cm³/mol. The van der Waals surface area contributed by atoms with Crippen molar-refractivity contribution < 1.29 is 4.39 Å². The van der Waals surface area contributed by atoms with Crippen molar-refractivity contribution in [3.8, 4) is 11.8 Å². The third-order valence-electron chi connectivity index (χ3n) is 2.13. The maximum atomic E-state index is 12.9. The fraction of sp³-hybridized carbons (Fsp3) is 0. The lowest BCUT2D eigenvalue weighted by Crippen LogP contribution is -1.90. The number of halogens is 1. The van der Waals surface area contributed by atoms with Gasteiger partial charge in [0.25, 0.3) is 0 Å². The second-order valence-electron chi connectivity index (χ2n) is 3.35. The molecule has 2 aromatic carbocycles. The zero-order valence-corrected chi connectivity index (χ0v) is 8.57. The van der Waals surface area contributed by atoms with Crippen LogP contribution in [0.4, 0.5) is 10.1 Å². The maximum Gasteiger partial charge on any atom is 0.124 e. The van der Waals surface area contributed by atoms with Crippen LogP contribution in [0.3, 0.4) is 0 Å². The van der Waals surface area contributed by atoms with Gasteiger partial charge in [0.15, 0.2) is 0 Å². The molecule has 0 saturated heterocycles. The Kier molecular flexibility index (Phi) is 2.88. The molecule has 0 bridgehead atoms. The number of nitrogens with two attached hydrogens (primary N) is 1. The van der Waals surface area contributed by atoms with Gasteiger partial charge in [-0.2, -0.15) is 0 Å². The molecule has 0 aliphatic heterocycles. The molecule has 0 radical (unpaired) electrons. The summed E-state index contributed by atoms with van der Waals surface area (Å²) < 4.78 is 12.9. The molecule has 1 nitrogen and oxygen atoms in total. The van der Waals surface area contributed by atoms with Gasteiger partial charge in [0.1, 0.15) is 5.82 Å². The average Bonchev–Trinajstić information content (AvgIpc) is 2.32. The summed E-state index contributed by atoms with van der Waals surface area (Å²) in [6, 6.07) is 13.7. The van der Waals surface area contributed by atoms with Gasteiger partial charge >= 0.3 is 0 Å². The number of benzene rings is 2. The summed E-state index contributed by atoms with van der Waals surface area (Å²) in [4.78, 5) is 0. The minimum atomic E-state index is -0.327. The standard InChI is InChI=1S/C14H10FN/c15-13-8-9-14(16)12(10-13)7-6-11-4-2-1-3-5-11/h1-5,8-10H,16H2. The first-order chi connectivity index (χ1) is 7.75. The molecule has 16 heavy (non-hydrogen) atoms. The highest BCUT2D eigenvalue weighted by Gasteiger charge is 1.96. The highest BCUT2D eigenvalue weighted by molar-refractivity contribution is 5.57. The molecule has 2 rings (SSSR count). The third kappa shape index (κ3) is 2.40. The molecule has 0 atom stereocenters. The predicted octanol–water partition coefficient (Wildman–Crippen LogP) is 2.81. The van der Waals surface area contributed by atoms with Crippen molar-refractivity contribution in [1.29, 1.82) is 0 Å². The Hall–Kier alpha value is -2.27. The summed E-state index contributed by atoms with van der Waals surface area (Å²) in [5, 5.41) is 0. The van der Waals surface area contributed by atoms with E-state index in [1.54, 1.807) is 0 Å². The van der Waals surface area contributed by atoms with Crippen LogP contribution in [0.25, 0.3) is 0 Å². The fourth-order valence-electron chi connectivity index (χ4n) is 1.30. The van der Waals surface area contributed by atoms with E-state index in [4.69, 9.17) is 5.73 Å². The Morgan fingerprint density at radius 2 is 1.69 bits per heavy atom. The van der Waals surface area contributed by atoms with Crippen LogP contribution in [-0.4, -0.2) is 0 Å². The van der Waals surface area contributed by atoms with Gasteiger partial charge in [0.2, 0.25) is 0 Å². The van der Waals surface area contributed by atoms with E-state index in [9.17, 15) is 4.39 Å². The van der Waals surface area contributed by atoms with Gasteiger partial charge in [-0.05, 0) is 30.3 Å². The van der Waals surface area contributed by atoms with Gasteiger partial charge in [0.05, 0.1) is 5.56 Å². The van der Waals surface area contributed by atoms with Crippen LogP contribution in [0.1, 0.15) is 11.1 Å². The van der Waals surface area contributed by atoms with E-state index >= 15 is 0 Å². The minimum Gasteiger partial charge on any atom is -0.398 e. The van der Waals surface area contributed by atoms with Crippen molar-refractivity contribution in [2.45, 2.75) is 0 Å². The maximum absolute atomic E-state index is 12.9. The second-order valence-corrected chi connectivity index (χ2v) is 3.35. The normalized spacial score (nSPS) is 9.31. The monoisotopic (exact) mass is 211 g/mol. The molecule has 0 aromatic heterocycles. The van der Waals surface area contributed by atoms with Crippen LogP contribution < -0.4 is 5.73 Å². The first-order valence-corrected chi connectivity index (χ1v) is 4.88. The Bertz CT molecular complexity index is 550. The minimum absolute atomic E-state index is 0.327. The van der Waals surface area contributed by atoms with Gasteiger partial charge in [0, 0.05) is 11.3 Å². The lowest BCUT2D eigenvalue weighted by molar-refractivity contribution is 0.627. The molecule has 0 fully saturated rings. The second kappa shape index (κ2) is 4.50. The van der Waals surface area contributed by atoms with Crippen LogP contribution >= 0.6 is 0 Å². The molecule has 2 N–H and O–H groups in total. The summed E-state index contributed by atoms with van der Waals surface area (Å²) in [6.45, 7) is 0. The molecule has 0 unspecified atom stereocenters. The smallest absolute Gasteiger partial charge is 0.124 e. The molecule has 2 heteroatoms. The van der Waals surface area contributed by atoms with E-state index in [0.29, 0.717) is 11.3 Å². The lowest BCUT2D eigenvalue weighted by Gasteiger charge is -1.96. The Labute approximate surface area is 93.7 Å². The van der Waals surface area contributed by atoms with Crippen molar-refractivity contribution in [1.82, 2.24) is 0 Å². The van der Waals surface area contributed by atoms with E-state index in [-0.39, 0.29) is 5.82 Å². The first kappa shape index (κ1) is 10.3. The molecule has 0 aliphatic carbocycles. The van der Waals surface area contributed by atoms with Gasteiger partial charge in [-0.3, -0.25) is 0 Å². The van der Waals surface area contributed by atoms with Crippen LogP contribution in [0, 0.1) is 17.7 Å². The molecule has 78 valence electrons. The molecule has 0 aliphatic rings. The van der Waals surface area contributed by atoms with Crippen LogP contribution in [0.2, 0.25) is 0 Å². The van der Waals surface area contributed by atoms with Crippen LogP contribution in [0.5, 0.6) is 0 Å². The Morgan fingerprint density at radius 3 is 2.44 bits per heavy atom. The van der Waals surface area contributed by atoms with Crippen molar-refractivity contribution in [2.75, 3.05) is 5.73 Å². The quantitative estimate of drug-likeness (QED) is 0.526. The molecule has 0 amide bonds. The van der Waals surface area contributed by atoms with Crippen molar-refractivity contribution in [3.05, 3.63) is 65.5 Å². The topological polar surface area (TPSA) is 26.0 Å². The molecule has 2 aromatic rings. The summed E-state index contributed by atoms with van der Waals surface area (Å²) in [5.74, 6) is 5.46. The third-order valence-corrected chi connectivity index (χ3v) is 2.13. The van der Waals surface area contributed by atoms with Crippen LogP contribution in [-0.2, 0) is 0 Å². The zero-order valence-electron chi connectivity index (χ0n) is 8.57. The fourth-order valence-corrected chi connectivity index (χ4v) is 1.30. The Balaban J connectivity index is 2.34. The number of rotatable bonds is 0. The highest BCUT2D eigenvalue weighted by atomic mass is 19.1. The molecule has 0 saturated carbocycles. The van der Waals surface area contributed by atoms with Gasteiger partial charge in [-0.15, -0.1) is 0 Å². The summed E-state index contributed by atoms with van der Waals surface area (Å²) in [6.07, 6.45) is 0. The molecule has 0 spiro atoms. The van der Waals surface area contributed by atoms with Gasteiger partial charge < -0.3 is 5.73 Å². The van der Waals surface area contributed by atoms with E-state index in [0.717, 1.165) is 5.56 Å². The largest absolute Gasteiger partial charge is 0.398 e. The number of hydrogen-bond acceptors (Lipinski definition) is 1. The number of hydrogen-bond donors (Lipinski definition) is 1. The van der Waals surface area contributed by atoms with E-state index in [1.165, 1.54) is 18.2 Å². The number of nitrogen functional groups attached to an aromatic ring is 1. The highest BCUT2D eigenvalue weighted by Crippen LogP contribution is 2.11. The molecular weight excluding hydrogens is 201 g/mol. The van der Waals surface area contributed by atoms with E-state index < -0.39 is 0 Å². The summed E-state index contributed by atoms with van der Waals surface area (Å²) in [7, 11) is 0. The Morgan fingerprint density at radius 1 is 0.938 bits per heavy atom. The molecule has 0 heterocycles. The zero-order chi connectivity index (χ0) is 11.4. The van der Waals surface area contributed by atoms with Crippen molar-refractivity contribution in [3.63, 3.8) is 0 Å². The average molecular weight is 211 g/mol. The summed E-state index contributed by atoms with van der Waals surface area (Å²) in [5.41, 5.74) is 7.57.